The molecule has 0 spiro atoms. The van der Waals surface area contributed by atoms with Crippen molar-refractivity contribution in [3.8, 4) is 0 Å². The van der Waals surface area contributed by atoms with E-state index in [1.165, 1.54) is 0 Å². The van der Waals surface area contributed by atoms with Gasteiger partial charge in [-0.25, -0.2) is 4.79 Å². The number of carbonyl (C=O) groups is 1. The predicted octanol–water partition coefficient (Wildman–Crippen LogP) is 1.93. The number of aliphatic carboxylic acids is 1. The van der Waals surface area contributed by atoms with Gasteiger partial charge in [-0.3, -0.25) is 10.9 Å². The summed E-state index contributed by atoms with van der Waals surface area (Å²) in [6.07, 6.45) is 0.408. The third-order valence-corrected chi connectivity index (χ3v) is 4.97. The Bertz CT molecular complexity index is 740. The number of hydrogen-bond acceptors (Lipinski definition) is 6. The summed E-state index contributed by atoms with van der Waals surface area (Å²) in [5, 5.41) is 23.6. The highest BCUT2D eigenvalue weighted by Gasteiger charge is 2.18. The fraction of sp³-hybridized carbons (Fsp3) is 0.353. The largest absolute Gasteiger partial charge is 0.480 e. The molecule has 1 atom stereocenters. The van der Waals surface area contributed by atoms with Crippen LogP contribution in [0.5, 0.6) is 0 Å². The first-order valence-corrected chi connectivity index (χ1v) is 10.2. The molecule has 0 fully saturated rings. The maximum atomic E-state index is 11.5. The second-order valence-electron chi connectivity index (χ2n) is 5.51. The first-order valence-electron chi connectivity index (χ1n) is 8.37. The minimum absolute atomic E-state index is 0.128. The Morgan fingerprint density at radius 3 is 2.21 bits per heavy atom. The molecule has 5 N–H and O–H groups in total. The smallest absolute Gasteiger partial charge is 0.326 e. The molecular weight excluding hydrogens is 416 g/mol. The van der Waals surface area contributed by atoms with E-state index in [1.807, 2.05) is 30.3 Å². The van der Waals surface area contributed by atoms with Crippen molar-refractivity contribution in [1.29, 1.82) is 0 Å². The molecule has 28 heavy (non-hydrogen) atoms. The molecule has 1 unspecified atom stereocenters. The predicted molar refractivity (Wildman–Crippen MR) is 123 cm³/mol. The summed E-state index contributed by atoms with van der Waals surface area (Å²) >= 11 is 11.7. The molecule has 0 aliphatic carbocycles. The molecule has 0 heterocycles. The third kappa shape index (κ3) is 9.62. The van der Waals surface area contributed by atoms with Crippen molar-refractivity contribution in [2.45, 2.75) is 31.2 Å². The van der Waals surface area contributed by atoms with Gasteiger partial charge in [-0.15, -0.1) is 11.8 Å². The summed E-state index contributed by atoms with van der Waals surface area (Å²) in [5.74, 6) is -0.331. The van der Waals surface area contributed by atoms with Gasteiger partial charge in [-0.2, -0.15) is 10.2 Å². The zero-order valence-electron chi connectivity index (χ0n) is 15.9. The molecule has 152 valence electrons. The van der Waals surface area contributed by atoms with Gasteiger partial charge in [-0.1, -0.05) is 18.2 Å². The lowest BCUT2D eigenvalue weighted by atomic mass is 10.2. The summed E-state index contributed by atoms with van der Waals surface area (Å²) in [5.41, 5.74) is 6.47. The lowest BCUT2D eigenvalue weighted by molar-refractivity contribution is -0.139. The van der Waals surface area contributed by atoms with E-state index in [0.717, 1.165) is 4.90 Å². The van der Waals surface area contributed by atoms with E-state index >= 15 is 0 Å². The number of carboxylic acid groups (broad SMARTS) is 1. The number of thioether (sulfide) groups is 1. The number of rotatable bonds is 9. The molecule has 0 aliphatic rings. The van der Waals surface area contributed by atoms with E-state index in [1.54, 1.807) is 32.7 Å². The average Bonchev–Trinajstić information content (AvgIpc) is 2.69. The molecule has 1 aromatic rings. The van der Waals surface area contributed by atoms with Crippen molar-refractivity contribution < 1.29 is 9.90 Å². The third-order valence-electron chi connectivity index (χ3n) is 3.42. The molecule has 1 aromatic carbocycles. The number of nitrogens with zero attached hydrogens (tertiary/aromatic N) is 2. The highest BCUT2D eigenvalue weighted by atomic mass is 32.2. The number of hydrogen-bond donors (Lipinski definition) is 5. The van der Waals surface area contributed by atoms with Gasteiger partial charge in [0.1, 0.15) is 6.04 Å². The van der Waals surface area contributed by atoms with Crippen molar-refractivity contribution in [2.24, 2.45) is 10.2 Å². The molecule has 8 nitrogen and oxygen atoms in total. The fourth-order valence-electron chi connectivity index (χ4n) is 1.75. The van der Waals surface area contributed by atoms with Gasteiger partial charge in [0.15, 0.2) is 10.2 Å². The van der Waals surface area contributed by atoms with Crippen LogP contribution in [-0.4, -0.2) is 51.6 Å². The van der Waals surface area contributed by atoms with Gasteiger partial charge in [0.25, 0.3) is 0 Å². The number of hydrazone groups is 2. The molecule has 0 radical (unpaired) electrons. The maximum absolute atomic E-state index is 11.5. The standard InChI is InChI=1S/C17H24N6O2S3/c1-11(20-22-16(26)18-3)12(2)21-23-17(27)19-14(15(24)25)9-10-28-13-7-5-4-6-8-13/h4-8,14H,9-10H2,1-3H3,(H,24,25)(H2,18,22,26)(H2,19,23,27). The summed E-state index contributed by atoms with van der Waals surface area (Å²) in [4.78, 5) is 12.6. The van der Waals surface area contributed by atoms with Crippen LogP contribution < -0.4 is 21.5 Å². The lowest BCUT2D eigenvalue weighted by Crippen LogP contribution is -2.45. The summed E-state index contributed by atoms with van der Waals surface area (Å²) in [7, 11) is 1.68. The first kappa shape index (κ1) is 23.8. The molecule has 0 aromatic heterocycles. The lowest BCUT2D eigenvalue weighted by Gasteiger charge is -2.16. The van der Waals surface area contributed by atoms with E-state index < -0.39 is 12.0 Å². The summed E-state index contributed by atoms with van der Waals surface area (Å²) in [6, 6.07) is 8.99. The van der Waals surface area contributed by atoms with E-state index in [2.05, 4.69) is 31.7 Å². The molecule has 1 rings (SSSR count). The maximum Gasteiger partial charge on any atom is 0.326 e. The molecule has 0 bridgehead atoms. The van der Waals surface area contributed by atoms with Crippen LogP contribution >= 0.6 is 36.2 Å². The van der Waals surface area contributed by atoms with E-state index in [-0.39, 0.29) is 5.11 Å². The van der Waals surface area contributed by atoms with Crippen molar-refractivity contribution in [1.82, 2.24) is 21.5 Å². The topological polar surface area (TPSA) is 110 Å². The molecule has 0 saturated heterocycles. The number of benzene rings is 1. The molecule has 0 amide bonds. The Hall–Kier alpha value is -2.24. The Labute approximate surface area is 179 Å². The molecule has 11 heteroatoms. The number of nitrogens with one attached hydrogen (secondary N) is 4. The average molecular weight is 441 g/mol. The van der Waals surface area contributed by atoms with E-state index in [0.29, 0.717) is 28.7 Å². The quantitative estimate of drug-likeness (QED) is 0.170. The number of carboxylic acids is 1. The van der Waals surface area contributed by atoms with Gasteiger partial charge in [0.05, 0.1) is 11.4 Å². The van der Waals surface area contributed by atoms with Crippen LogP contribution in [0.25, 0.3) is 0 Å². The second-order valence-corrected chi connectivity index (χ2v) is 7.50. The van der Waals surface area contributed by atoms with Crippen molar-refractivity contribution >= 4 is 63.8 Å². The highest BCUT2D eigenvalue weighted by molar-refractivity contribution is 7.99. The second kappa shape index (κ2) is 13.0. The minimum atomic E-state index is -0.971. The highest BCUT2D eigenvalue weighted by Crippen LogP contribution is 2.18. The normalized spacial score (nSPS) is 12.7. The van der Waals surface area contributed by atoms with Crippen molar-refractivity contribution in [2.75, 3.05) is 12.8 Å². The Morgan fingerprint density at radius 2 is 1.68 bits per heavy atom. The van der Waals surface area contributed by atoms with Crippen LogP contribution in [0.3, 0.4) is 0 Å². The monoisotopic (exact) mass is 440 g/mol. The summed E-state index contributed by atoms with van der Waals surface area (Å²) in [6.45, 7) is 3.49. The Morgan fingerprint density at radius 1 is 1.11 bits per heavy atom. The van der Waals surface area contributed by atoms with Crippen LogP contribution in [0.15, 0.2) is 45.4 Å². The Balaban J connectivity index is 2.50. The van der Waals surface area contributed by atoms with Crippen LogP contribution in [-0.2, 0) is 4.79 Å². The number of thiocarbonyl (C=S) groups is 2. The van der Waals surface area contributed by atoms with Crippen LogP contribution in [0, 0.1) is 0 Å². The van der Waals surface area contributed by atoms with Crippen LogP contribution in [0.1, 0.15) is 20.3 Å². The molecular formula is C17H24N6O2S3. The zero-order chi connectivity index (χ0) is 20.9. The Kier molecular flexibility index (Phi) is 11.1. The van der Waals surface area contributed by atoms with E-state index in [4.69, 9.17) is 24.4 Å². The van der Waals surface area contributed by atoms with Crippen LogP contribution in [0.4, 0.5) is 0 Å². The SMILES string of the molecule is CNC(=S)NN=C(C)C(C)=NNC(=S)NC(CCSc1ccccc1)C(=O)O. The first-order chi connectivity index (χ1) is 13.3. The van der Waals surface area contributed by atoms with Gasteiger partial charge < -0.3 is 15.7 Å². The van der Waals surface area contributed by atoms with Gasteiger partial charge >= 0.3 is 5.97 Å². The van der Waals surface area contributed by atoms with E-state index in [9.17, 15) is 9.90 Å². The van der Waals surface area contributed by atoms with Gasteiger partial charge in [0.2, 0.25) is 0 Å². The van der Waals surface area contributed by atoms with Crippen molar-refractivity contribution in [3.05, 3.63) is 30.3 Å². The molecule has 0 aliphatic heterocycles. The zero-order valence-corrected chi connectivity index (χ0v) is 18.3. The summed E-state index contributed by atoms with van der Waals surface area (Å²) < 4.78 is 0. The van der Waals surface area contributed by atoms with Gasteiger partial charge in [-0.05, 0) is 56.8 Å². The van der Waals surface area contributed by atoms with Crippen LogP contribution in [0.2, 0.25) is 0 Å². The molecule has 0 saturated carbocycles. The van der Waals surface area contributed by atoms with Crippen molar-refractivity contribution in [3.63, 3.8) is 0 Å². The van der Waals surface area contributed by atoms with Gasteiger partial charge in [0, 0.05) is 17.7 Å². The fourth-order valence-corrected chi connectivity index (χ4v) is 2.92. The minimum Gasteiger partial charge on any atom is -0.480 e.